The number of amides is 3. The van der Waals surface area contributed by atoms with Gasteiger partial charge in [0.1, 0.15) is 17.9 Å². The highest BCUT2D eigenvalue weighted by Crippen LogP contribution is 2.53. The van der Waals surface area contributed by atoms with Gasteiger partial charge in [0.2, 0.25) is 6.41 Å². The number of aliphatic imine (C=N–C) groups is 2. The predicted molar refractivity (Wildman–Crippen MR) is 234 cm³/mol. The monoisotopic (exact) mass is 829 g/mol. The number of nitrogens with zero attached hydrogens (tertiary/aromatic N) is 7. The molecule has 0 N–H and O–H groups in total. The fraction of sp³-hybridized carbons (Fsp3) is 0.652. The molecule has 3 unspecified atom stereocenters. The lowest BCUT2D eigenvalue weighted by molar-refractivity contribution is -0.124. The average molecular weight is 830 g/mol. The molecule has 2 aliphatic carbocycles. The van der Waals surface area contributed by atoms with Crippen molar-refractivity contribution in [1.29, 1.82) is 0 Å². The first-order chi connectivity index (χ1) is 28.5. The lowest BCUT2D eigenvalue weighted by Crippen LogP contribution is -2.50. The zero-order valence-corrected chi connectivity index (χ0v) is 36.2. The molecule has 13 heteroatoms. The minimum atomic E-state index is -0.852. The van der Waals surface area contributed by atoms with Crippen molar-refractivity contribution in [1.82, 2.24) is 19.0 Å². The van der Waals surface area contributed by atoms with Crippen LogP contribution >= 0.6 is 11.9 Å². The molecule has 4 aliphatic heterocycles. The Morgan fingerprint density at radius 3 is 2.39 bits per heavy atom. The SMILES string of the molecule is C=N/C=C1/C=CC(=O)N(C2CCCC2C)C1=NC1CCN(SC2CCN(CC3CC4(CCN(c5cc(C)c(C(=O)N(C=O)C(C=O)CCC)cc5F)CC4)C3)CC2)CC1. The molecule has 59 heavy (non-hydrogen) atoms. The van der Waals surface area contributed by atoms with Crippen molar-refractivity contribution in [2.24, 2.45) is 27.2 Å². The number of hydrogen-bond acceptors (Lipinski definition) is 10. The number of carbonyl (C=O) groups is 4. The molecule has 3 amide bonds. The number of aryl methyl sites for hydroxylation is 1. The molecule has 11 nitrogen and oxygen atoms in total. The van der Waals surface area contributed by atoms with Crippen LogP contribution in [-0.2, 0) is 14.4 Å². The van der Waals surface area contributed by atoms with Crippen molar-refractivity contribution in [2.75, 3.05) is 50.7 Å². The molecule has 6 aliphatic rings. The second-order valence-electron chi connectivity index (χ2n) is 18.2. The molecule has 1 spiro atoms. The third-order valence-corrected chi connectivity index (χ3v) is 15.6. The van der Waals surface area contributed by atoms with Crippen molar-refractivity contribution in [3.8, 4) is 0 Å². The Kier molecular flexibility index (Phi) is 14.2. The van der Waals surface area contributed by atoms with Gasteiger partial charge in [-0.1, -0.05) is 38.6 Å². The molecule has 5 fully saturated rings. The first-order valence-corrected chi connectivity index (χ1v) is 23.1. The van der Waals surface area contributed by atoms with Gasteiger partial charge in [0.15, 0.2) is 0 Å². The van der Waals surface area contributed by atoms with Crippen LogP contribution in [0.5, 0.6) is 0 Å². The topological polar surface area (TPSA) is 109 Å². The fourth-order valence-corrected chi connectivity index (χ4v) is 12.1. The summed E-state index contributed by atoms with van der Waals surface area (Å²) in [5, 5.41) is 0.648. The van der Waals surface area contributed by atoms with Crippen molar-refractivity contribution in [2.45, 2.75) is 128 Å². The Hall–Kier alpha value is -3.68. The van der Waals surface area contributed by atoms with Crippen LogP contribution in [0.3, 0.4) is 0 Å². The van der Waals surface area contributed by atoms with Gasteiger partial charge in [-0.3, -0.25) is 38.5 Å². The number of benzene rings is 1. The van der Waals surface area contributed by atoms with Crippen LogP contribution in [0, 0.1) is 30.0 Å². The molecule has 0 radical (unpaired) electrons. The second kappa shape index (κ2) is 19.4. The number of aldehydes is 1. The lowest BCUT2D eigenvalue weighted by Gasteiger charge is -2.54. The van der Waals surface area contributed by atoms with E-state index in [9.17, 15) is 19.2 Å². The van der Waals surface area contributed by atoms with E-state index in [4.69, 9.17) is 4.99 Å². The Bertz CT molecular complexity index is 1800. The third kappa shape index (κ3) is 9.78. The molecule has 1 aromatic rings. The van der Waals surface area contributed by atoms with Gasteiger partial charge in [0.05, 0.1) is 17.8 Å². The number of imide groups is 1. The molecule has 7 rings (SSSR count). The summed E-state index contributed by atoms with van der Waals surface area (Å²) in [6.07, 6.45) is 19.5. The fourth-order valence-electron chi connectivity index (χ4n) is 10.8. The van der Waals surface area contributed by atoms with E-state index in [2.05, 4.69) is 44.7 Å². The molecule has 3 atom stereocenters. The van der Waals surface area contributed by atoms with Gasteiger partial charge in [0.25, 0.3) is 11.8 Å². The van der Waals surface area contributed by atoms with E-state index >= 15 is 4.39 Å². The standard InChI is InChI=1S/C46H64FN7O4S/c1-5-7-37(30-55)53(31-56)45(58)39-25-40(47)42(24-33(39)3)51-22-16-46(17-23-51)26-34(27-46)29-50-18-14-38(15-19-50)59-52-20-12-36(13-21-52)49-44-35(28-48-4)10-11-43(57)54(44)41-9-6-8-32(41)2/h10-11,24-25,28,30-32,34,36-38,41H,4-9,12-23,26-27,29H2,1-3H3/b35-28-,49-44?. The van der Waals surface area contributed by atoms with E-state index < -0.39 is 17.8 Å². The molecule has 4 heterocycles. The molecule has 3 saturated heterocycles. The molecule has 0 bridgehead atoms. The summed E-state index contributed by atoms with van der Waals surface area (Å²) in [4.78, 5) is 66.6. The third-order valence-electron chi connectivity index (χ3n) is 14.2. The number of amidine groups is 1. The highest BCUT2D eigenvalue weighted by molar-refractivity contribution is 7.97. The van der Waals surface area contributed by atoms with Crippen LogP contribution in [0.15, 0.2) is 46.0 Å². The number of likely N-dealkylation sites (tertiary alicyclic amines) is 1. The smallest absolute Gasteiger partial charge is 0.261 e. The minimum absolute atomic E-state index is 0.0360. The van der Waals surface area contributed by atoms with Gasteiger partial charge < -0.3 is 14.6 Å². The number of hydrogen-bond donors (Lipinski definition) is 0. The number of rotatable bonds is 14. The van der Waals surface area contributed by atoms with Crippen LogP contribution in [0.25, 0.3) is 0 Å². The first kappa shape index (κ1) is 43.4. The van der Waals surface area contributed by atoms with Crippen LogP contribution in [0.1, 0.15) is 113 Å². The molecule has 320 valence electrons. The van der Waals surface area contributed by atoms with E-state index in [1.165, 1.54) is 38.3 Å². The normalized spacial score (nSPS) is 26.7. The largest absolute Gasteiger partial charge is 0.369 e. The predicted octanol–water partition coefficient (Wildman–Crippen LogP) is 7.24. The first-order valence-electron chi connectivity index (χ1n) is 22.2. The van der Waals surface area contributed by atoms with Gasteiger partial charge in [-0.15, -0.1) is 0 Å². The summed E-state index contributed by atoms with van der Waals surface area (Å²) in [6, 6.07) is 2.50. The van der Waals surface area contributed by atoms with E-state index in [-0.39, 0.29) is 23.6 Å². The highest BCUT2D eigenvalue weighted by atomic mass is 32.2. The summed E-state index contributed by atoms with van der Waals surface area (Å²) in [7, 11) is 0. The maximum Gasteiger partial charge on any atom is 0.261 e. The van der Waals surface area contributed by atoms with Crippen LogP contribution < -0.4 is 4.90 Å². The summed E-state index contributed by atoms with van der Waals surface area (Å²) in [5.74, 6) is 0.903. The zero-order chi connectivity index (χ0) is 41.7. The quantitative estimate of drug-likeness (QED) is 0.110. The number of carbonyl (C=O) groups excluding carboxylic acids is 4. The summed E-state index contributed by atoms with van der Waals surface area (Å²) < 4.78 is 18.1. The number of anilines is 1. The molecule has 2 saturated carbocycles. The molecule has 1 aromatic carbocycles. The Labute approximate surface area is 354 Å². The summed E-state index contributed by atoms with van der Waals surface area (Å²) in [5.41, 5.74) is 2.45. The van der Waals surface area contributed by atoms with Gasteiger partial charge in [-0.25, -0.2) is 4.39 Å². The Balaban J connectivity index is 0.829. The average Bonchev–Trinajstić information content (AvgIpc) is 3.65. The zero-order valence-electron chi connectivity index (χ0n) is 35.4. The number of piperidine rings is 3. The van der Waals surface area contributed by atoms with E-state index in [0.717, 1.165) is 106 Å². The number of halogens is 1. The summed E-state index contributed by atoms with van der Waals surface area (Å²) >= 11 is 2.06. The second-order valence-corrected chi connectivity index (χ2v) is 19.6. The van der Waals surface area contributed by atoms with Crippen molar-refractivity contribution in [3.05, 3.63) is 53.0 Å². The van der Waals surface area contributed by atoms with Crippen molar-refractivity contribution < 1.29 is 23.6 Å². The molecular formula is C46H64FN7O4S. The van der Waals surface area contributed by atoms with Crippen LogP contribution in [0.2, 0.25) is 0 Å². The van der Waals surface area contributed by atoms with Gasteiger partial charge in [-0.05, 0) is 138 Å². The van der Waals surface area contributed by atoms with E-state index in [0.29, 0.717) is 53.4 Å². The minimum Gasteiger partial charge on any atom is -0.369 e. The maximum atomic E-state index is 15.5. The maximum absolute atomic E-state index is 15.5. The van der Waals surface area contributed by atoms with Gasteiger partial charge in [-0.2, -0.15) is 0 Å². The van der Waals surface area contributed by atoms with Crippen molar-refractivity contribution >= 4 is 54.7 Å². The van der Waals surface area contributed by atoms with Gasteiger partial charge >= 0.3 is 0 Å². The molecular weight excluding hydrogens is 766 g/mol. The van der Waals surface area contributed by atoms with Crippen LogP contribution in [0.4, 0.5) is 10.1 Å². The van der Waals surface area contributed by atoms with E-state index in [1.54, 1.807) is 25.3 Å². The van der Waals surface area contributed by atoms with Gasteiger partial charge in [0, 0.05) is 67.4 Å². The van der Waals surface area contributed by atoms with E-state index in [1.807, 2.05) is 17.9 Å². The Morgan fingerprint density at radius 2 is 1.76 bits per heavy atom. The summed E-state index contributed by atoms with van der Waals surface area (Å²) in [6.45, 7) is 16.6. The lowest BCUT2D eigenvalue weighted by atomic mass is 9.57. The highest BCUT2D eigenvalue weighted by Gasteiger charge is 2.46. The Morgan fingerprint density at radius 1 is 1.03 bits per heavy atom. The van der Waals surface area contributed by atoms with Crippen molar-refractivity contribution in [3.63, 3.8) is 0 Å². The van der Waals surface area contributed by atoms with Crippen LogP contribution in [-0.4, -0.2) is 125 Å². The molecule has 0 aromatic heterocycles.